The number of anilines is 2. The number of nitrogens with zero attached hydrogens (tertiary/aromatic N) is 3. The van der Waals surface area contributed by atoms with E-state index in [1.165, 1.54) is 16.7 Å². The Morgan fingerprint density at radius 3 is 2.68 bits per heavy atom. The lowest BCUT2D eigenvalue weighted by Crippen LogP contribution is -2.14. The molecule has 0 saturated carbocycles. The Morgan fingerprint density at radius 2 is 1.95 bits per heavy atom. The predicted octanol–water partition coefficient (Wildman–Crippen LogP) is 2.33. The smallest absolute Gasteiger partial charge is 0.222 e. The van der Waals surface area contributed by atoms with Gasteiger partial charge in [0.25, 0.3) is 0 Å². The fourth-order valence-electron chi connectivity index (χ4n) is 2.55. The summed E-state index contributed by atoms with van der Waals surface area (Å²) in [6, 6.07) is 6.42. The molecule has 0 amide bonds. The molecule has 1 aliphatic heterocycles. The van der Waals surface area contributed by atoms with Crippen molar-refractivity contribution in [1.29, 1.82) is 0 Å². The second-order valence-corrected chi connectivity index (χ2v) is 5.20. The van der Waals surface area contributed by atoms with E-state index in [1.54, 1.807) is 0 Å². The van der Waals surface area contributed by atoms with Crippen LogP contribution in [0.3, 0.4) is 0 Å². The van der Waals surface area contributed by atoms with Gasteiger partial charge >= 0.3 is 0 Å². The van der Waals surface area contributed by atoms with Crippen LogP contribution in [0.15, 0.2) is 18.2 Å². The summed E-state index contributed by atoms with van der Waals surface area (Å²) in [5.74, 6) is 1.32. The quantitative estimate of drug-likeness (QED) is 0.848. The summed E-state index contributed by atoms with van der Waals surface area (Å²) in [7, 11) is 2.04. The van der Waals surface area contributed by atoms with Gasteiger partial charge < -0.3 is 10.6 Å². The summed E-state index contributed by atoms with van der Waals surface area (Å²) in [5.41, 5.74) is 11.7. The summed E-state index contributed by atoms with van der Waals surface area (Å²) < 4.78 is 0. The Labute approximate surface area is 113 Å². The number of benzene rings is 1. The van der Waals surface area contributed by atoms with Crippen LogP contribution in [0.25, 0.3) is 11.3 Å². The van der Waals surface area contributed by atoms with Gasteiger partial charge in [-0.15, -0.1) is 0 Å². The Balaban J connectivity index is 2.20. The number of aryl methyl sites for hydroxylation is 2. The van der Waals surface area contributed by atoms with Crippen LogP contribution in [0.5, 0.6) is 0 Å². The lowest BCUT2D eigenvalue weighted by molar-refractivity contribution is 0.946. The van der Waals surface area contributed by atoms with E-state index in [2.05, 4.69) is 46.9 Å². The molecule has 0 atom stereocenters. The molecule has 1 aliphatic rings. The molecule has 0 unspecified atom stereocenters. The van der Waals surface area contributed by atoms with Crippen LogP contribution >= 0.6 is 0 Å². The number of nitrogens with two attached hydrogens (primary N) is 1. The molecule has 2 aromatic rings. The Bertz CT molecular complexity index is 649. The van der Waals surface area contributed by atoms with Crippen LogP contribution in [0.1, 0.15) is 16.7 Å². The van der Waals surface area contributed by atoms with Gasteiger partial charge in [0.1, 0.15) is 5.82 Å². The minimum absolute atomic E-state index is 0.348. The molecule has 0 fully saturated rings. The van der Waals surface area contributed by atoms with E-state index in [9.17, 15) is 0 Å². The number of hydrogen-bond donors (Lipinski definition) is 1. The zero-order chi connectivity index (χ0) is 13.6. The van der Waals surface area contributed by atoms with Gasteiger partial charge in [0.2, 0.25) is 5.95 Å². The van der Waals surface area contributed by atoms with Crippen molar-refractivity contribution < 1.29 is 0 Å². The van der Waals surface area contributed by atoms with Crippen LogP contribution < -0.4 is 10.6 Å². The van der Waals surface area contributed by atoms with Gasteiger partial charge in [-0.1, -0.05) is 12.1 Å². The topological polar surface area (TPSA) is 55.0 Å². The predicted molar refractivity (Wildman–Crippen MR) is 78.3 cm³/mol. The van der Waals surface area contributed by atoms with Crippen LogP contribution in [-0.4, -0.2) is 23.6 Å². The highest BCUT2D eigenvalue weighted by Gasteiger charge is 2.23. The minimum Gasteiger partial charge on any atom is -0.368 e. The standard InChI is InChI=1S/C15H18N4/c1-9-4-5-11(8-10(9)2)13-12-6-7-19(3)14(12)18-15(16)17-13/h4-5,8H,6-7H2,1-3H3,(H2,16,17,18). The van der Waals surface area contributed by atoms with Crippen LogP contribution in [0.4, 0.5) is 11.8 Å². The molecule has 19 heavy (non-hydrogen) atoms. The van der Waals surface area contributed by atoms with Crippen molar-refractivity contribution in [3.05, 3.63) is 34.9 Å². The van der Waals surface area contributed by atoms with Gasteiger partial charge in [-0.05, 0) is 37.5 Å². The van der Waals surface area contributed by atoms with E-state index in [0.29, 0.717) is 5.95 Å². The Hall–Kier alpha value is -2.10. The normalized spacial score (nSPS) is 13.7. The van der Waals surface area contributed by atoms with Crippen molar-refractivity contribution >= 4 is 11.8 Å². The molecule has 0 spiro atoms. The van der Waals surface area contributed by atoms with E-state index in [0.717, 1.165) is 30.0 Å². The first kappa shape index (κ1) is 12.0. The van der Waals surface area contributed by atoms with Gasteiger partial charge in [-0.25, -0.2) is 4.98 Å². The molecule has 98 valence electrons. The maximum atomic E-state index is 5.85. The highest BCUT2D eigenvalue weighted by Crippen LogP contribution is 2.33. The molecular formula is C15H18N4. The molecular weight excluding hydrogens is 236 g/mol. The highest BCUT2D eigenvalue weighted by molar-refractivity contribution is 5.73. The van der Waals surface area contributed by atoms with Gasteiger partial charge in [-0.2, -0.15) is 4.98 Å². The number of aromatic nitrogens is 2. The first-order valence-corrected chi connectivity index (χ1v) is 6.51. The number of likely N-dealkylation sites (N-methyl/N-ethyl adjacent to an activating group) is 1. The second kappa shape index (κ2) is 4.23. The Kier molecular flexibility index (Phi) is 2.66. The summed E-state index contributed by atoms with van der Waals surface area (Å²) >= 11 is 0. The average molecular weight is 254 g/mol. The number of hydrogen-bond acceptors (Lipinski definition) is 4. The van der Waals surface area contributed by atoms with Crippen molar-refractivity contribution in [3.63, 3.8) is 0 Å². The number of rotatable bonds is 1. The molecule has 0 saturated heterocycles. The van der Waals surface area contributed by atoms with Crippen molar-refractivity contribution in [2.45, 2.75) is 20.3 Å². The van der Waals surface area contributed by atoms with Gasteiger partial charge in [0, 0.05) is 24.7 Å². The summed E-state index contributed by atoms with van der Waals surface area (Å²) in [5, 5.41) is 0. The Morgan fingerprint density at radius 1 is 1.16 bits per heavy atom. The fourth-order valence-corrected chi connectivity index (χ4v) is 2.55. The van der Waals surface area contributed by atoms with Gasteiger partial charge in [0.15, 0.2) is 0 Å². The fraction of sp³-hybridized carbons (Fsp3) is 0.333. The van der Waals surface area contributed by atoms with E-state index in [1.807, 2.05) is 7.05 Å². The lowest BCUT2D eigenvalue weighted by Gasteiger charge is -2.13. The monoisotopic (exact) mass is 254 g/mol. The minimum atomic E-state index is 0.348. The van der Waals surface area contributed by atoms with E-state index in [4.69, 9.17) is 5.73 Å². The van der Waals surface area contributed by atoms with E-state index >= 15 is 0 Å². The molecule has 0 radical (unpaired) electrons. The van der Waals surface area contributed by atoms with Crippen molar-refractivity contribution in [2.24, 2.45) is 0 Å². The summed E-state index contributed by atoms with van der Waals surface area (Å²) in [6.07, 6.45) is 0.981. The molecule has 3 rings (SSSR count). The second-order valence-electron chi connectivity index (χ2n) is 5.20. The zero-order valence-corrected chi connectivity index (χ0v) is 11.6. The number of fused-ring (bicyclic) bond motifs is 1. The third-order valence-electron chi connectivity index (χ3n) is 3.84. The molecule has 2 heterocycles. The third kappa shape index (κ3) is 1.93. The summed E-state index contributed by atoms with van der Waals surface area (Å²) in [6.45, 7) is 5.21. The molecule has 4 nitrogen and oxygen atoms in total. The zero-order valence-electron chi connectivity index (χ0n) is 11.6. The third-order valence-corrected chi connectivity index (χ3v) is 3.84. The maximum Gasteiger partial charge on any atom is 0.222 e. The van der Waals surface area contributed by atoms with Crippen LogP contribution in [0.2, 0.25) is 0 Å². The largest absolute Gasteiger partial charge is 0.368 e. The van der Waals surface area contributed by atoms with E-state index < -0.39 is 0 Å². The average Bonchev–Trinajstić information content (AvgIpc) is 2.74. The SMILES string of the molecule is Cc1ccc(-c2nc(N)nc3c2CCN3C)cc1C. The molecule has 0 aliphatic carbocycles. The first-order valence-electron chi connectivity index (χ1n) is 6.51. The molecule has 2 N–H and O–H groups in total. The highest BCUT2D eigenvalue weighted by atomic mass is 15.2. The molecule has 4 heteroatoms. The van der Waals surface area contributed by atoms with Crippen LogP contribution in [0, 0.1) is 13.8 Å². The van der Waals surface area contributed by atoms with Crippen LogP contribution in [-0.2, 0) is 6.42 Å². The molecule has 1 aromatic heterocycles. The lowest BCUT2D eigenvalue weighted by atomic mass is 10.0. The number of nitrogen functional groups attached to an aromatic ring is 1. The summed E-state index contributed by atoms with van der Waals surface area (Å²) in [4.78, 5) is 11.0. The maximum absolute atomic E-state index is 5.85. The van der Waals surface area contributed by atoms with Crippen molar-refractivity contribution in [1.82, 2.24) is 9.97 Å². The van der Waals surface area contributed by atoms with Crippen molar-refractivity contribution in [2.75, 3.05) is 24.2 Å². The van der Waals surface area contributed by atoms with Crippen molar-refractivity contribution in [3.8, 4) is 11.3 Å². The molecule has 0 bridgehead atoms. The van der Waals surface area contributed by atoms with Gasteiger partial charge in [-0.3, -0.25) is 0 Å². The van der Waals surface area contributed by atoms with E-state index in [-0.39, 0.29) is 0 Å². The molecule has 1 aromatic carbocycles. The first-order chi connectivity index (χ1) is 9.06. The van der Waals surface area contributed by atoms with Gasteiger partial charge in [0.05, 0.1) is 5.69 Å².